The Labute approximate surface area is 112 Å². The zero-order valence-corrected chi connectivity index (χ0v) is 11.0. The molecule has 2 aliphatic rings. The van der Waals surface area contributed by atoms with E-state index in [2.05, 4.69) is 10.2 Å². The number of hydrogen-bond acceptors (Lipinski definition) is 4. The molecule has 2 fully saturated rings. The maximum atomic E-state index is 11.9. The third kappa shape index (κ3) is 3.36. The highest BCUT2D eigenvalue weighted by atomic mass is 16.4. The number of aliphatic carboxylic acids is 1. The van der Waals surface area contributed by atoms with Gasteiger partial charge in [-0.1, -0.05) is 0 Å². The van der Waals surface area contributed by atoms with E-state index in [1.165, 1.54) is 0 Å². The van der Waals surface area contributed by atoms with E-state index in [0.29, 0.717) is 32.5 Å². The van der Waals surface area contributed by atoms with Crippen LogP contribution in [0.5, 0.6) is 0 Å². The van der Waals surface area contributed by atoms with E-state index in [9.17, 15) is 9.59 Å². The van der Waals surface area contributed by atoms with Gasteiger partial charge in [0.2, 0.25) is 0 Å². The Morgan fingerprint density at radius 1 is 1.16 bits per heavy atom. The van der Waals surface area contributed by atoms with Gasteiger partial charge in [0.15, 0.2) is 0 Å². The fourth-order valence-corrected chi connectivity index (χ4v) is 2.29. The molecule has 1 aliphatic carbocycles. The van der Waals surface area contributed by atoms with E-state index in [4.69, 9.17) is 10.2 Å². The van der Waals surface area contributed by atoms with Crippen molar-refractivity contribution in [3.63, 3.8) is 0 Å². The molecule has 0 aromatic rings. The van der Waals surface area contributed by atoms with E-state index in [-0.39, 0.29) is 19.2 Å². The van der Waals surface area contributed by atoms with Crippen LogP contribution in [-0.2, 0) is 4.79 Å². The molecule has 108 valence electrons. The summed E-state index contributed by atoms with van der Waals surface area (Å²) in [4.78, 5) is 26.7. The molecular weight excluding hydrogens is 250 g/mol. The van der Waals surface area contributed by atoms with Crippen LogP contribution in [0, 0.1) is 5.41 Å². The summed E-state index contributed by atoms with van der Waals surface area (Å²) in [6.07, 6.45) is 1.29. The van der Waals surface area contributed by atoms with Crippen LogP contribution in [-0.4, -0.2) is 77.9 Å². The number of carbonyl (C=O) groups is 2. The molecule has 0 aromatic carbocycles. The summed E-state index contributed by atoms with van der Waals surface area (Å²) in [7, 11) is 0. The molecule has 0 radical (unpaired) electrons. The summed E-state index contributed by atoms with van der Waals surface area (Å²) in [5, 5.41) is 20.6. The van der Waals surface area contributed by atoms with Gasteiger partial charge >= 0.3 is 12.0 Å². The Bertz CT molecular complexity index is 349. The second-order valence-corrected chi connectivity index (χ2v) is 5.30. The van der Waals surface area contributed by atoms with Crippen molar-refractivity contribution in [2.45, 2.75) is 12.8 Å². The number of hydrogen-bond donors (Lipinski definition) is 3. The van der Waals surface area contributed by atoms with E-state index in [1.54, 1.807) is 4.90 Å². The molecule has 1 heterocycles. The van der Waals surface area contributed by atoms with Gasteiger partial charge in [0.05, 0.1) is 12.0 Å². The number of carbonyl (C=O) groups excluding carboxylic acids is 1. The number of β-amino-alcohol motifs (C(OH)–C–C–N with tert-alkyl or cyclic N) is 1. The number of rotatable bonds is 5. The molecule has 0 atom stereocenters. The van der Waals surface area contributed by atoms with Crippen LogP contribution in [0.2, 0.25) is 0 Å². The van der Waals surface area contributed by atoms with Crippen molar-refractivity contribution in [3.05, 3.63) is 0 Å². The minimum atomic E-state index is -0.819. The third-order valence-corrected chi connectivity index (χ3v) is 3.96. The lowest BCUT2D eigenvalue weighted by molar-refractivity contribution is -0.143. The van der Waals surface area contributed by atoms with Crippen molar-refractivity contribution in [1.82, 2.24) is 15.1 Å². The van der Waals surface area contributed by atoms with Crippen LogP contribution in [0.25, 0.3) is 0 Å². The molecule has 2 amide bonds. The van der Waals surface area contributed by atoms with Gasteiger partial charge in [0.25, 0.3) is 0 Å². The summed E-state index contributed by atoms with van der Waals surface area (Å²) >= 11 is 0. The Kier molecular flexibility index (Phi) is 4.26. The fraction of sp³-hybridized carbons (Fsp3) is 0.833. The molecule has 7 nitrogen and oxygen atoms in total. The summed E-state index contributed by atoms with van der Waals surface area (Å²) < 4.78 is 0. The fourth-order valence-electron chi connectivity index (χ4n) is 2.29. The molecule has 0 unspecified atom stereocenters. The number of aliphatic hydroxyl groups is 1. The first-order valence-electron chi connectivity index (χ1n) is 6.67. The predicted molar refractivity (Wildman–Crippen MR) is 67.8 cm³/mol. The van der Waals surface area contributed by atoms with Gasteiger partial charge in [0.1, 0.15) is 0 Å². The molecule has 19 heavy (non-hydrogen) atoms. The average molecular weight is 271 g/mol. The number of carboxylic acids is 1. The first-order valence-corrected chi connectivity index (χ1v) is 6.67. The van der Waals surface area contributed by atoms with Gasteiger partial charge in [-0.15, -0.1) is 0 Å². The molecule has 1 saturated heterocycles. The second-order valence-electron chi connectivity index (χ2n) is 5.30. The van der Waals surface area contributed by atoms with Gasteiger partial charge < -0.3 is 20.4 Å². The van der Waals surface area contributed by atoms with Crippen molar-refractivity contribution >= 4 is 12.0 Å². The van der Waals surface area contributed by atoms with Crippen LogP contribution < -0.4 is 5.32 Å². The van der Waals surface area contributed by atoms with Crippen LogP contribution in [0.4, 0.5) is 4.79 Å². The Morgan fingerprint density at radius 2 is 1.79 bits per heavy atom. The molecule has 7 heteroatoms. The number of aliphatic hydroxyl groups excluding tert-OH is 1. The maximum Gasteiger partial charge on any atom is 0.317 e. The molecule has 1 saturated carbocycles. The summed E-state index contributed by atoms with van der Waals surface area (Å²) in [6, 6.07) is -0.184. The zero-order valence-electron chi connectivity index (χ0n) is 11.0. The number of piperazine rings is 1. The standard InChI is InChI=1S/C12H21N3O4/c16-8-7-14-3-5-15(6-4-14)11(19)13-9-12(1-2-12)10(17)18/h16H,1-9H2,(H,13,19)(H,17,18). The van der Waals surface area contributed by atoms with Crippen molar-refractivity contribution in [2.75, 3.05) is 45.9 Å². The third-order valence-electron chi connectivity index (χ3n) is 3.96. The highest BCUT2D eigenvalue weighted by Gasteiger charge is 2.50. The van der Waals surface area contributed by atoms with E-state index in [0.717, 1.165) is 13.1 Å². The minimum absolute atomic E-state index is 0.132. The van der Waals surface area contributed by atoms with Crippen molar-refractivity contribution in [3.8, 4) is 0 Å². The van der Waals surface area contributed by atoms with E-state index < -0.39 is 11.4 Å². The number of amides is 2. The smallest absolute Gasteiger partial charge is 0.317 e. The molecule has 1 aliphatic heterocycles. The maximum absolute atomic E-state index is 11.9. The lowest BCUT2D eigenvalue weighted by atomic mass is 10.1. The molecular formula is C12H21N3O4. The first kappa shape index (κ1) is 14.1. The van der Waals surface area contributed by atoms with Crippen molar-refractivity contribution < 1.29 is 19.8 Å². The SMILES string of the molecule is O=C(NCC1(C(=O)O)CC1)N1CCN(CCO)CC1. The van der Waals surface area contributed by atoms with Crippen LogP contribution in [0.1, 0.15) is 12.8 Å². The van der Waals surface area contributed by atoms with Gasteiger partial charge in [-0.25, -0.2) is 4.79 Å². The van der Waals surface area contributed by atoms with Crippen molar-refractivity contribution in [1.29, 1.82) is 0 Å². The minimum Gasteiger partial charge on any atom is -0.481 e. The van der Waals surface area contributed by atoms with Gasteiger partial charge in [-0.05, 0) is 12.8 Å². The highest BCUT2D eigenvalue weighted by Crippen LogP contribution is 2.45. The average Bonchev–Trinajstić information content (AvgIpc) is 3.18. The topological polar surface area (TPSA) is 93.1 Å². The Morgan fingerprint density at radius 3 is 2.26 bits per heavy atom. The highest BCUT2D eigenvalue weighted by molar-refractivity contribution is 5.80. The number of urea groups is 1. The largest absolute Gasteiger partial charge is 0.481 e. The lowest BCUT2D eigenvalue weighted by Gasteiger charge is -2.34. The number of carboxylic acid groups (broad SMARTS) is 1. The Balaban J connectivity index is 1.71. The molecule has 0 bridgehead atoms. The van der Waals surface area contributed by atoms with E-state index in [1.807, 2.05) is 0 Å². The predicted octanol–water partition coefficient (Wildman–Crippen LogP) is -0.829. The van der Waals surface area contributed by atoms with Crippen molar-refractivity contribution in [2.24, 2.45) is 5.41 Å². The Hall–Kier alpha value is -1.34. The van der Waals surface area contributed by atoms with Gasteiger partial charge in [-0.2, -0.15) is 0 Å². The zero-order chi connectivity index (χ0) is 13.9. The van der Waals surface area contributed by atoms with Gasteiger partial charge in [0, 0.05) is 39.3 Å². The lowest BCUT2D eigenvalue weighted by Crippen LogP contribution is -2.53. The normalized spacial score (nSPS) is 22.1. The molecule has 0 aromatic heterocycles. The summed E-state index contributed by atoms with van der Waals surface area (Å²) in [5.41, 5.74) is -0.714. The van der Waals surface area contributed by atoms with E-state index >= 15 is 0 Å². The molecule has 0 spiro atoms. The number of nitrogens with one attached hydrogen (secondary N) is 1. The second kappa shape index (κ2) is 5.75. The van der Waals surface area contributed by atoms with Crippen LogP contribution >= 0.6 is 0 Å². The summed E-state index contributed by atoms with van der Waals surface area (Å²) in [6.45, 7) is 3.72. The molecule has 3 N–H and O–H groups in total. The van der Waals surface area contributed by atoms with Crippen LogP contribution in [0.15, 0.2) is 0 Å². The summed E-state index contributed by atoms with van der Waals surface area (Å²) in [5.74, 6) is -0.819. The van der Waals surface area contributed by atoms with Crippen LogP contribution in [0.3, 0.4) is 0 Å². The van der Waals surface area contributed by atoms with Gasteiger partial charge in [-0.3, -0.25) is 9.69 Å². The number of nitrogens with zero attached hydrogens (tertiary/aromatic N) is 2. The molecule has 2 rings (SSSR count). The monoisotopic (exact) mass is 271 g/mol. The quantitative estimate of drug-likeness (QED) is 0.607. The first-order chi connectivity index (χ1) is 9.07.